The minimum absolute atomic E-state index is 0.340. The van der Waals surface area contributed by atoms with E-state index in [1.807, 2.05) is 16.6 Å². The number of hydrogen-bond acceptors (Lipinski definition) is 4. The smallest absolute Gasteiger partial charge is 0.240 e. The molecule has 0 aliphatic carbocycles. The first kappa shape index (κ1) is 10.4. The second-order valence-electron chi connectivity index (χ2n) is 4.53. The third-order valence-corrected chi connectivity index (χ3v) is 3.29. The molecule has 1 saturated heterocycles. The summed E-state index contributed by atoms with van der Waals surface area (Å²) in [5, 5.41) is 4.26. The molecule has 17 heavy (non-hydrogen) atoms. The number of anilines is 2. The number of nitrogen functional groups attached to an aromatic ring is 1. The first-order valence-electron chi connectivity index (χ1n) is 6.21. The maximum absolute atomic E-state index is 5.66. The van der Waals surface area contributed by atoms with Crippen LogP contribution in [0.5, 0.6) is 0 Å². The molecule has 2 aromatic rings. The Bertz CT molecular complexity index is 511. The number of aromatic nitrogens is 3. The van der Waals surface area contributed by atoms with Crippen LogP contribution in [0, 0.1) is 0 Å². The number of pyridine rings is 1. The van der Waals surface area contributed by atoms with Gasteiger partial charge in [-0.15, -0.1) is 5.10 Å². The lowest BCUT2D eigenvalue weighted by Gasteiger charge is -2.22. The SMILES string of the molecule is Nc1nc2cccc(N3CCCCCC3)n2n1. The summed E-state index contributed by atoms with van der Waals surface area (Å²) in [5.41, 5.74) is 6.48. The van der Waals surface area contributed by atoms with Crippen LogP contribution < -0.4 is 10.6 Å². The van der Waals surface area contributed by atoms with Crippen molar-refractivity contribution < 1.29 is 0 Å². The van der Waals surface area contributed by atoms with Crippen LogP contribution in [0.15, 0.2) is 18.2 Å². The van der Waals surface area contributed by atoms with Crippen molar-refractivity contribution >= 4 is 17.4 Å². The lowest BCUT2D eigenvalue weighted by Crippen LogP contribution is -2.26. The van der Waals surface area contributed by atoms with E-state index in [0.29, 0.717) is 5.95 Å². The molecule has 0 aromatic carbocycles. The van der Waals surface area contributed by atoms with E-state index in [9.17, 15) is 0 Å². The normalized spacial score (nSPS) is 17.3. The molecule has 0 bridgehead atoms. The summed E-state index contributed by atoms with van der Waals surface area (Å²) >= 11 is 0. The quantitative estimate of drug-likeness (QED) is 0.811. The summed E-state index contributed by atoms with van der Waals surface area (Å²) in [6.45, 7) is 2.19. The largest absolute Gasteiger partial charge is 0.366 e. The van der Waals surface area contributed by atoms with Crippen LogP contribution >= 0.6 is 0 Å². The van der Waals surface area contributed by atoms with E-state index in [1.165, 1.54) is 25.7 Å². The minimum atomic E-state index is 0.340. The third-order valence-electron chi connectivity index (χ3n) is 3.29. The highest BCUT2D eigenvalue weighted by molar-refractivity contribution is 5.52. The van der Waals surface area contributed by atoms with Gasteiger partial charge in [0.25, 0.3) is 0 Å². The molecule has 0 radical (unpaired) electrons. The van der Waals surface area contributed by atoms with Crippen LogP contribution in [0.3, 0.4) is 0 Å². The van der Waals surface area contributed by atoms with Crippen molar-refractivity contribution in [2.24, 2.45) is 0 Å². The molecule has 0 unspecified atom stereocenters. The number of nitrogens with two attached hydrogens (primary N) is 1. The zero-order valence-corrected chi connectivity index (χ0v) is 9.84. The van der Waals surface area contributed by atoms with Crippen molar-refractivity contribution in [3.8, 4) is 0 Å². The first-order chi connectivity index (χ1) is 8.34. The predicted octanol–water partition coefficient (Wildman–Crippen LogP) is 1.69. The molecule has 2 N–H and O–H groups in total. The topological polar surface area (TPSA) is 59.5 Å². The van der Waals surface area contributed by atoms with E-state index in [0.717, 1.165) is 24.6 Å². The lowest BCUT2D eigenvalue weighted by molar-refractivity contribution is 0.726. The summed E-state index contributed by atoms with van der Waals surface area (Å²) in [4.78, 5) is 6.58. The van der Waals surface area contributed by atoms with Crippen LogP contribution in [-0.4, -0.2) is 27.7 Å². The van der Waals surface area contributed by atoms with Gasteiger partial charge in [-0.25, -0.2) is 0 Å². The van der Waals surface area contributed by atoms with Gasteiger partial charge in [-0.3, -0.25) is 0 Å². The van der Waals surface area contributed by atoms with E-state index < -0.39 is 0 Å². The molecule has 5 heteroatoms. The molecule has 90 valence electrons. The standard InChI is InChI=1S/C12H17N5/c13-12-14-10-6-5-7-11(17(10)15-12)16-8-3-1-2-4-9-16/h5-7H,1-4,8-9H2,(H2,13,15). The fraction of sp³-hybridized carbons (Fsp3) is 0.500. The molecule has 0 spiro atoms. The Morgan fingerprint density at radius 3 is 2.59 bits per heavy atom. The average Bonchev–Trinajstić information content (AvgIpc) is 2.55. The zero-order valence-electron chi connectivity index (χ0n) is 9.84. The molecule has 2 aromatic heterocycles. The number of fused-ring (bicyclic) bond motifs is 1. The molecular weight excluding hydrogens is 214 g/mol. The summed E-state index contributed by atoms with van der Waals surface area (Å²) in [6, 6.07) is 6.04. The van der Waals surface area contributed by atoms with E-state index >= 15 is 0 Å². The first-order valence-corrected chi connectivity index (χ1v) is 6.21. The predicted molar refractivity (Wildman–Crippen MR) is 68.1 cm³/mol. The molecule has 0 atom stereocenters. The van der Waals surface area contributed by atoms with Gasteiger partial charge in [0.05, 0.1) is 0 Å². The van der Waals surface area contributed by atoms with E-state index in [4.69, 9.17) is 5.73 Å². The van der Waals surface area contributed by atoms with Crippen LogP contribution in [0.25, 0.3) is 5.65 Å². The number of nitrogens with zero attached hydrogens (tertiary/aromatic N) is 4. The zero-order chi connectivity index (χ0) is 11.7. The highest BCUT2D eigenvalue weighted by atomic mass is 15.4. The molecule has 3 rings (SSSR count). The van der Waals surface area contributed by atoms with Crippen LogP contribution in [0.2, 0.25) is 0 Å². The summed E-state index contributed by atoms with van der Waals surface area (Å²) < 4.78 is 1.85. The Balaban J connectivity index is 2.03. The van der Waals surface area contributed by atoms with Gasteiger partial charge in [-0.2, -0.15) is 9.50 Å². The monoisotopic (exact) mass is 231 g/mol. The Morgan fingerprint density at radius 2 is 1.82 bits per heavy atom. The van der Waals surface area contributed by atoms with Crippen molar-refractivity contribution in [3.63, 3.8) is 0 Å². The van der Waals surface area contributed by atoms with Crippen molar-refractivity contribution in [2.75, 3.05) is 23.7 Å². The Kier molecular flexibility index (Phi) is 2.59. The Hall–Kier alpha value is -1.78. The van der Waals surface area contributed by atoms with Crippen molar-refractivity contribution in [3.05, 3.63) is 18.2 Å². The Morgan fingerprint density at radius 1 is 1.06 bits per heavy atom. The Labute approximate surface area is 100 Å². The number of hydrogen-bond donors (Lipinski definition) is 1. The maximum Gasteiger partial charge on any atom is 0.240 e. The third kappa shape index (κ3) is 1.92. The molecule has 0 saturated carbocycles. The van der Waals surface area contributed by atoms with E-state index in [-0.39, 0.29) is 0 Å². The van der Waals surface area contributed by atoms with Crippen molar-refractivity contribution in [1.82, 2.24) is 14.6 Å². The maximum atomic E-state index is 5.66. The fourth-order valence-corrected chi connectivity index (χ4v) is 2.45. The van der Waals surface area contributed by atoms with Crippen LogP contribution in [0.1, 0.15) is 25.7 Å². The molecule has 1 aliphatic rings. The molecule has 3 heterocycles. The summed E-state index contributed by atoms with van der Waals surface area (Å²) in [7, 11) is 0. The lowest BCUT2D eigenvalue weighted by atomic mass is 10.2. The van der Waals surface area contributed by atoms with Gasteiger partial charge in [-0.05, 0) is 25.0 Å². The second kappa shape index (κ2) is 4.24. The number of rotatable bonds is 1. The van der Waals surface area contributed by atoms with E-state index in [2.05, 4.69) is 21.0 Å². The van der Waals surface area contributed by atoms with Gasteiger partial charge >= 0.3 is 0 Å². The van der Waals surface area contributed by atoms with Gasteiger partial charge in [0.15, 0.2) is 5.65 Å². The molecule has 5 nitrogen and oxygen atoms in total. The highest BCUT2D eigenvalue weighted by Crippen LogP contribution is 2.20. The molecule has 1 aliphatic heterocycles. The van der Waals surface area contributed by atoms with Gasteiger partial charge in [0.2, 0.25) is 5.95 Å². The van der Waals surface area contributed by atoms with E-state index in [1.54, 1.807) is 0 Å². The van der Waals surface area contributed by atoms with Gasteiger partial charge in [0.1, 0.15) is 5.82 Å². The molecule has 0 amide bonds. The molecule has 1 fully saturated rings. The van der Waals surface area contributed by atoms with Crippen LogP contribution in [-0.2, 0) is 0 Å². The van der Waals surface area contributed by atoms with Crippen molar-refractivity contribution in [1.29, 1.82) is 0 Å². The summed E-state index contributed by atoms with van der Waals surface area (Å²) in [5.74, 6) is 1.45. The second-order valence-corrected chi connectivity index (χ2v) is 4.53. The van der Waals surface area contributed by atoms with Crippen molar-refractivity contribution in [2.45, 2.75) is 25.7 Å². The highest BCUT2D eigenvalue weighted by Gasteiger charge is 2.13. The van der Waals surface area contributed by atoms with Gasteiger partial charge < -0.3 is 10.6 Å². The minimum Gasteiger partial charge on any atom is -0.366 e. The molecular formula is C12H17N5. The summed E-state index contributed by atoms with van der Waals surface area (Å²) in [6.07, 6.45) is 5.15. The average molecular weight is 231 g/mol. The van der Waals surface area contributed by atoms with Gasteiger partial charge in [0, 0.05) is 13.1 Å². The fourth-order valence-electron chi connectivity index (χ4n) is 2.45. The van der Waals surface area contributed by atoms with Gasteiger partial charge in [-0.1, -0.05) is 18.9 Å². The van der Waals surface area contributed by atoms with Crippen LogP contribution in [0.4, 0.5) is 11.8 Å².